The number of aromatic amines is 1. The number of nitrogens with one attached hydrogen (secondary N) is 1. The van der Waals surface area contributed by atoms with Crippen LogP contribution in [-0.4, -0.2) is 38.4 Å². The van der Waals surface area contributed by atoms with Gasteiger partial charge >= 0.3 is 11.9 Å². The van der Waals surface area contributed by atoms with Crippen LogP contribution in [0.5, 0.6) is 0 Å². The van der Waals surface area contributed by atoms with E-state index in [9.17, 15) is 22.8 Å². The summed E-state index contributed by atoms with van der Waals surface area (Å²) in [5, 5.41) is 0. The summed E-state index contributed by atoms with van der Waals surface area (Å²) in [6.07, 6.45) is -2.12. The van der Waals surface area contributed by atoms with E-state index in [1.807, 2.05) is 24.3 Å². The number of rotatable bonds is 3. The molecule has 1 aliphatic heterocycles. The van der Waals surface area contributed by atoms with Crippen molar-refractivity contribution in [2.75, 3.05) is 13.1 Å². The van der Waals surface area contributed by atoms with Crippen molar-refractivity contribution in [1.82, 2.24) is 19.4 Å². The Morgan fingerprint density at radius 2 is 1.86 bits per heavy atom. The molecule has 1 N–H and O–H groups in total. The summed E-state index contributed by atoms with van der Waals surface area (Å²) in [4.78, 5) is 32.8. The number of H-pyrrole nitrogens is 1. The molecule has 9 heteroatoms. The predicted octanol–water partition coefficient (Wildman–Crippen LogP) is 3.15. The smallest absolute Gasteiger partial charge is 0.342 e. The zero-order valence-corrected chi connectivity index (χ0v) is 15.4. The Morgan fingerprint density at radius 1 is 1.14 bits per heavy atom. The molecule has 0 atom stereocenters. The van der Waals surface area contributed by atoms with Crippen LogP contribution in [0.3, 0.4) is 0 Å². The van der Waals surface area contributed by atoms with E-state index in [-0.39, 0.29) is 24.1 Å². The van der Waals surface area contributed by atoms with E-state index in [1.165, 1.54) is 6.07 Å². The third kappa shape index (κ3) is 3.90. The van der Waals surface area contributed by atoms with Gasteiger partial charge in [-0.15, -0.1) is 0 Å². The molecule has 4 rings (SSSR count). The Balaban J connectivity index is 1.40. The van der Waals surface area contributed by atoms with Gasteiger partial charge in [-0.1, -0.05) is 18.2 Å². The van der Waals surface area contributed by atoms with Crippen molar-refractivity contribution < 1.29 is 18.0 Å². The van der Waals surface area contributed by atoms with Crippen molar-refractivity contribution in [2.24, 2.45) is 0 Å². The Kier molecular flexibility index (Phi) is 4.89. The molecule has 0 spiro atoms. The highest BCUT2D eigenvalue weighted by atomic mass is 19.4. The van der Waals surface area contributed by atoms with E-state index in [4.69, 9.17) is 0 Å². The Labute approximate surface area is 164 Å². The first kappa shape index (κ1) is 19.2. The number of benzene rings is 1. The molecule has 29 heavy (non-hydrogen) atoms. The van der Waals surface area contributed by atoms with Crippen LogP contribution in [0, 0.1) is 0 Å². The fraction of sp³-hybridized carbons (Fsp3) is 0.350. The van der Waals surface area contributed by atoms with E-state index >= 15 is 0 Å². The van der Waals surface area contributed by atoms with Crippen molar-refractivity contribution in [2.45, 2.75) is 31.5 Å². The largest absolute Gasteiger partial charge is 0.433 e. The van der Waals surface area contributed by atoms with Gasteiger partial charge < -0.3 is 9.88 Å². The molecule has 1 aliphatic rings. The van der Waals surface area contributed by atoms with Gasteiger partial charge in [0.05, 0.1) is 17.5 Å². The van der Waals surface area contributed by atoms with E-state index in [1.54, 1.807) is 9.47 Å². The molecule has 0 bridgehead atoms. The predicted molar refractivity (Wildman–Crippen MR) is 100 cm³/mol. The number of aromatic nitrogens is 3. The second-order valence-electron chi connectivity index (χ2n) is 7.16. The number of hydrogen-bond acceptors (Lipinski definition) is 3. The van der Waals surface area contributed by atoms with E-state index in [0.29, 0.717) is 31.5 Å². The third-order valence-electron chi connectivity index (χ3n) is 5.28. The highest BCUT2D eigenvalue weighted by Gasteiger charge is 2.32. The monoisotopic (exact) mass is 404 g/mol. The molecule has 1 fully saturated rings. The maximum absolute atomic E-state index is 12.6. The van der Waals surface area contributed by atoms with Gasteiger partial charge in [-0.25, -0.2) is 4.79 Å². The number of halogens is 3. The number of carbonyl (C=O) groups excluding carboxylic acids is 1. The fourth-order valence-corrected chi connectivity index (χ4v) is 3.79. The maximum atomic E-state index is 12.6. The minimum Gasteiger partial charge on any atom is -0.342 e. The SMILES string of the molecule is O=C(Cc1ccc(C(F)(F)F)nc1)N1CCC(n2c(=O)[nH]c3ccccc32)CC1. The average Bonchev–Trinajstić information content (AvgIpc) is 3.03. The lowest BCUT2D eigenvalue weighted by Gasteiger charge is -2.32. The van der Waals surface area contributed by atoms with Crippen LogP contribution in [0.1, 0.15) is 30.1 Å². The molecule has 2 aromatic heterocycles. The number of carbonyl (C=O) groups is 1. The van der Waals surface area contributed by atoms with Gasteiger partial charge in [0.2, 0.25) is 5.91 Å². The Bertz CT molecular complexity index is 1080. The second kappa shape index (κ2) is 7.38. The van der Waals surface area contributed by atoms with E-state index in [0.717, 1.165) is 23.3 Å². The number of pyridine rings is 1. The number of likely N-dealkylation sites (tertiary alicyclic amines) is 1. The molecule has 0 unspecified atom stereocenters. The molecular weight excluding hydrogens is 385 g/mol. The number of piperidine rings is 1. The van der Waals surface area contributed by atoms with Gasteiger partial charge in [-0.3, -0.25) is 14.3 Å². The molecule has 1 amide bonds. The van der Waals surface area contributed by atoms with Crippen LogP contribution < -0.4 is 5.69 Å². The van der Waals surface area contributed by atoms with Crippen LogP contribution in [0.4, 0.5) is 13.2 Å². The summed E-state index contributed by atoms with van der Waals surface area (Å²) in [6, 6.07) is 9.65. The average molecular weight is 404 g/mol. The van der Waals surface area contributed by atoms with Gasteiger partial charge in [0, 0.05) is 25.3 Å². The van der Waals surface area contributed by atoms with E-state index < -0.39 is 11.9 Å². The van der Waals surface area contributed by atoms with E-state index in [2.05, 4.69) is 9.97 Å². The zero-order valence-electron chi connectivity index (χ0n) is 15.4. The highest BCUT2D eigenvalue weighted by Crippen LogP contribution is 2.28. The zero-order chi connectivity index (χ0) is 20.6. The number of nitrogens with zero attached hydrogens (tertiary/aromatic N) is 3. The van der Waals surface area contributed by atoms with Crippen LogP contribution in [0.2, 0.25) is 0 Å². The lowest BCUT2D eigenvalue weighted by Crippen LogP contribution is -2.41. The number of hydrogen-bond donors (Lipinski definition) is 1. The molecule has 0 radical (unpaired) electrons. The summed E-state index contributed by atoms with van der Waals surface area (Å²) in [5.74, 6) is -0.156. The minimum atomic E-state index is -4.50. The van der Waals surface area contributed by atoms with Crippen molar-refractivity contribution in [3.8, 4) is 0 Å². The first-order chi connectivity index (χ1) is 13.8. The van der Waals surface area contributed by atoms with Crippen molar-refractivity contribution >= 4 is 16.9 Å². The van der Waals surface area contributed by atoms with Gasteiger partial charge in [0.15, 0.2) is 0 Å². The summed E-state index contributed by atoms with van der Waals surface area (Å²) in [7, 11) is 0. The number of imidazole rings is 1. The fourth-order valence-electron chi connectivity index (χ4n) is 3.79. The first-order valence-corrected chi connectivity index (χ1v) is 9.32. The normalized spacial score (nSPS) is 15.8. The lowest BCUT2D eigenvalue weighted by atomic mass is 10.0. The Morgan fingerprint density at radius 3 is 2.52 bits per heavy atom. The standard InChI is InChI=1S/C20H19F3N4O2/c21-20(22,23)17-6-5-13(12-24-17)11-18(28)26-9-7-14(8-10-26)27-16-4-2-1-3-15(16)25-19(27)29/h1-6,12,14H,7-11H2,(H,25,29). The second-order valence-corrected chi connectivity index (χ2v) is 7.16. The first-order valence-electron chi connectivity index (χ1n) is 9.32. The quantitative estimate of drug-likeness (QED) is 0.729. The van der Waals surface area contributed by atoms with Crippen LogP contribution in [0.25, 0.3) is 11.0 Å². The van der Waals surface area contributed by atoms with Crippen LogP contribution in [0.15, 0.2) is 47.4 Å². The molecule has 0 aliphatic carbocycles. The third-order valence-corrected chi connectivity index (χ3v) is 5.28. The molecule has 1 saturated heterocycles. The van der Waals surface area contributed by atoms with Gasteiger partial charge in [-0.05, 0) is 36.6 Å². The molecule has 1 aromatic carbocycles. The molecule has 3 heterocycles. The van der Waals surface area contributed by atoms with Crippen molar-refractivity contribution in [3.63, 3.8) is 0 Å². The van der Waals surface area contributed by atoms with Crippen LogP contribution in [-0.2, 0) is 17.4 Å². The number of alkyl halides is 3. The molecule has 0 saturated carbocycles. The molecule has 152 valence electrons. The minimum absolute atomic E-state index is 0.00282. The molecular formula is C20H19F3N4O2. The molecule has 3 aromatic rings. The summed E-state index contributed by atoms with van der Waals surface area (Å²) < 4.78 is 39.5. The van der Waals surface area contributed by atoms with Gasteiger partial charge in [0.1, 0.15) is 5.69 Å². The van der Waals surface area contributed by atoms with Gasteiger partial charge in [-0.2, -0.15) is 13.2 Å². The number of fused-ring (bicyclic) bond motifs is 1. The summed E-state index contributed by atoms with van der Waals surface area (Å²) in [6.45, 7) is 0.979. The lowest BCUT2D eigenvalue weighted by molar-refractivity contribution is -0.141. The summed E-state index contributed by atoms with van der Waals surface area (Å²) in [5.41, 5.74) is 0.937. The topological polar surface area (TPSA) is 71.0 Å². The van der Waals surface area contributed by atoms with Gasteiger partial charge in [0.25, 0.3) is 0 Å². The summed E-state index contributed by atoms with van der Waals surface area (Å²) >= 11 is 0. The maximum Gasteiger partial charge on any atom is 0.433 e. The number of para-hydroxylation sites is 2. The van der Waals surface area contributed by atoms with Crippen LogP contribution >= 0.6 is 0 Å². The Hall–Kier alpha value is -3.10. The van der Waals surface area contributed by atoms with Crippen molar-refractivity contribution in [1.29, 1.82) is 0 Å². The highest BCUT2D eigenvalue weighted by molar-refractivity contribution is 5.79. The molecule has 6 nitrogen and oxygen atoms in total. The van der Waals surface area contributed by atoms with Crippen molar-refractivity contribution in [3.05, 3.63) is 64.3 Å². The number of amides is 1.